The fraction of sp³-hybridized carbons (Fsp3) is 0.333. The summed E-state index contributed by atoms with van der Waals surface area (Å²) < 4.78 is 0. The zero-order valence-electron chi connectivity index (χ0n) is 6.17. The summed E-state index contributed by atoms with van der Waals surface area (Å²) in [7, 11) is 0. The summed E-state index contributed by atoms with van der Waals surface area (Å²) in [5.74, 6) is 0. The fourth-order valence-electron chi connectivity index (χ4n) is 0.930. The fourth-order valence-corrected chi connectivity index (χ4v) is 0.930. The van der Waals surface area contributed by atoms with Gasteiger partial charge in [0, 0.05) is 0 Å². The molecule has 54 valence electrons. The van der Waals surface area contributed by atoms with Crippen LogP contribution in [0.15, 0.2) is 35.5 Å². The topological polar surface area (TPSA) is 20.2 Å². The minimum absolute atomic E-state index is 0.160. The van der Waals surface area contributed by atoms with Crippen molar-refractivity contribution in [3.63, 3.8) is 0 Å². The Labute approximate surface area is 61.4 Å². The van der Waals surface area contributed by atoms with Crippen molar-refractivity contribution in [2.45, 2.75) is 13.3 Å². The Morgan fingerprint density at radius 2 is 2.40 bits per heavy atom. The Morgan fingerprint density at radius 3 is 2.80 bits per heavy atom. The van der Waals surface area contributed by atoms with Crippen LogP contribution < -0.4 is 0 Å². The lowest BCUT2D eigenvalue weighted by atomic mass is 10.0. The van der Waals surface area contributed by atoms with Crippen molar-refractivity contribution in [1.82, 2.24) is 0 Å². The minimum Gasteiger partial charge on any atom is -0.392 e. The number of aliphatic hydroxyl groups excluding tert-OH is 1. The third kappa shape index (κ3) is 1.58. The first-order valence-corrected chi connectivity index (χ1v) is 3.50. The van der Waals surface area contributed by atoms with Crippen molar-refractivity contribution in [2.24, 2.45) is 0 Å². The zero-order valence-corrected chi connectivity index (χ0v) is 6.17. The van der Waals surface area contributed by atoms with Crippen LogP contribution in [0.4, 0.5) is 0 Å². The Bertz CT molecular complexity index is 197. The molecule has 0 aromatic heterocycles. The Hall–Kier alpha value is -0.820. The van der Waals surface area contributed by atoms with E-state index in [-0.39, 0.29) is 6.61 Å². The molecule has 0 heterocycles. The molecule has 1 nitrogen and oxygen atoms in total. The van der Waals surface area contributed by atoms with E-state index in [0.717, 1.165) is 12.0 Å². The van der Waals surface area contributed by atoms with Crippen molar-refractivity contribution in [3.8, 4) is 0 Å². The first-order chi connectivity index (χ1) is 4.86. The maximum absolute atomic E-state index is 8.71. The van der Waals surface area contributed by atoms with Crippen LogP contribution in [0.5, 0.6) is 0 Å². The monoisotopic (exact) mass is 136 g/mol. The Morgan fingerprint density at radius 1 is 1.60 bits per heavy atom. The summed E-state index contributed by atoms with van der Waals surface area (Å²) in [6.45, 7) is 2.19. The van der Waals surface area contributed by atoms with Crippen LogP contribution in [0.25, 0.3) is 0 Å². The van der Waals surface area contributed by atoms with Crippen molar-refractivity contribution >= 4 is 0 Å². The van der Waals surface area contributed by atoms with Gasteiger partial charge in [-0.25, -0.2) is 0 Å². The standard InChI is InChI=1S/C9H12O/c1-2-8-3-5-9(7-10)6-4-8/h2-3,5-6,10H,4,7H2,1H3. The number of hydrogen-bond acceptors (Lipinski definition) is 1. The zero-order chi connectivity index (χ0) is 7.40. The summed E-state index contributed by atoms with van der Waals surface area (Å²) in [5, 5.41) is 8.71. The summed E-state index contributed by atoms with van der Waals surface area (Å²) in [5.41, 5.74) is 2.34. The van der Waals surface area contributed by atoms with Crippen LogP contribution in [0.2, 0.25) is 0 Å². The molecule has 0 unspecified atom stereocenters. The molecule has 1 aliphatic rings. The highest BCUT2D eigenvalue weighted by Crippen LogP contribution is 2.14. The second-order valence-corrected chi connectivity index (χ2v) is 2.34. The van der Waals surface area contributed by atoms with Gasteiger partial charge in [-0.3, -0.25) is 0 Å². The van der Waals surface area contributed by atoms with Crippen LogP contribution in [0, 0.1) is 0 Å². The highest BCUT2D eigenvalue weighted by atomic mass is 16.3. The molecule has 0 spiro atoms. The van der Waals surface area contributed by atoms with E-state index in [4.69, 9.17) is 5.11 Å². The first-order valence-electron chi connectivity index (χ1n) is 3.50. The van der Waals surface area contributed by atoms with E-state index in [0.29, 0.717) is 0 Å². The van der Waals surface area contributed by atoms with Crippen molar-refractivity contribution in [3.05, 3.63) is 35.5 Å². The van der Waals surface area contributed by atoms with Gasteiger partial charge in [0.05, 0.1) is 6.61 Å². The molecule has 0 aromatic rings. The predicted molar refractivity (Wildman–Crippen MR) is 42.7 cm³/mol. The van der Waals surface area contributed by atoms with Crippen LogP contribution in [-0.4, -0.2) is 11.7 Å². The van der Waals surface area contributed by atoms with E-state index in [1.807, 2.05) is 19.1 Å². The van der Waals surface area contributed by atoms with Gasteiger partial charge in [-0.2, -0.15) is 0 Å². The molecule has 1 aliphatic carbocycles. The summed E-state index contributed by atoms with van der Waals surface area (Å²) in [6, 6.07) is 0. The van der Waals surface area contributed by atoms with E-state index < -0.39 is 0 Å². The molecule has 0 radical (unpaired) electrons. The van der Waals surface area contributed by atoms with Gasteiger partial charge < -0.3 is 5.11 Å². The maximum atomic E-state index is 8.71. The molecule has 0 atom stereocenters. The first kappa shape index (κ1) is 7.29. The summed E-state index contributed by atoms with van der Waals surface area (Å²) in [6.07, 6.45) is 9.10. The van der Waals surface area contributed by atoms with E-state index in [2.05, 4.69) is 12.2 Å². The lowest BCUT2D eigenvalue weighted by Gasteiger charge is -2.05. The van der Waals surface area contributed by atoms with Crippen LogP contribution in [0.3, 0.4) is 0 Å². The number of aliphatic hydroxyl groups is 1. The van der Waals surface area contributed by atoms with Crippen molar-refractivity contribution in [2.75, 3.05) is 6.61 Å². The average Bonchev–Trinajstić information content (AvgIpc) is 2.05. The van der Waals surface area contributed by atoms with Gasteiger partial charge in [-0.05, 0) is 24.5 Å². The van der Waals surface area contributed by atoms with Crippen LogP contribution >= 0.6 is 0 Å². The normalized spacial score (nSPS) is 21.4. The van der Waals surface area contributed by atoms with E-state index in [9.17, 15) is 0 Å². The van der Waals surface area contributed by atoms with E-state index in [1.165, 1.54) is 5.57 Å². The number of hydrogen-bond donors (Lipinski definition) is 1. The van der Waals surface area contributed by atoms with Crippen LogP contribution in [0.1, 0.15) is 13.3 Å². The predicted octanol–water partition coefficient (Wildman–Crippen LogP) is 1.81. The molecule has 0 saturated carbocycles. The molecule has 1 rings (SSSR count). The highest BCUT2D eigenvalue weighted by molar-refractivity contribution is 5.35. The lowest BCUT2D eigenvalue weighted by Crippen LogP contribution is -1.91. The minimum atomic E-state index is 0.160. The lowest BCUT2D eigenvalue weighted by molar-refractivity contribution is 0.334. The smallest absolute Gasteiger partial charge is 0.0678 e. The van der Waals surface area contributed by atoms with Crippen LogP contribution in [-0.2, 0) is 0 Å². The van der Waals surface area contributed by atoms with Gasteiger partial charge in [-0.15, -0.1) is 0 Å². The summed E-state index contributed by atoms with van der Waals surface area (Å²) >= 11 is 0. The molecule has 0 aliphatic heterocycles. The van der Waals surface area contributed by atoms with Gasteiger partial charge in [0.15, 0.2) is 0 Å². The second kappa shape index (κ2) is 3.37. The van der Waals surface area contributed by atoms with Gasteiger partial charge in [-0.1, -0.05) is 24.3 Å². The highest BCUT2D eigenvalue weighted by Gasteiger charge is 1.97. The molecule has 0 aromatic carbocycles. The quantitative estimate of drug-likeness (QED) is 0.583. The largest absolute Gasteiger partial charge is 0.392 e. The van der Waals surface area contributed by atoms with Crippen molar-refractivity contribution in [1.29, 1.82) is 0 Å². The Kier molecular flexibility index (Phi) is 2.46. The molecule has 0 fully saturated rings. The average molecular weight is 136 g/mol. The molecule has 1 N–H and O–H groups in total. The van der Waals surface area contributed by atoms with E-state index >= 15 is 0 Å². The molecular weight excluding hydrogens is 124 g/mol. The van der Waals surface area contributed by atoms with Gasteiger partial charge >= 0.3 is 0 Å². The molecule has 0 amide bonds. The molecule has 10 heavy (non-hydrogen) atoms. The Balaban J connectivity index is 2.63. The number of allylic oxidation sites excluding steroid dienone is 4. The third-order valence-corrected chi connectivity index (χ3v) is 1.66. The van der Waals surface area contributed by atoms with E-state index in [1.54, 1.807) is 0 Å². The summed E-state index contributed by atoms with van der Waals surface area (Å²) in [4.78, 5) is 0. The van der Waals surface area contributed by atoms with Gasteiger partial charge in [0.1, 0.15) is 0 Å². The second-order valence-electron chi connectivity index (χ2n) is 2.34. The SMILES string of the molecule is CC=C1C=CC(CO)=CC1. The molecular formula is C9H12O. The maximum Gasteiger partial charge on any atom is 0.0678 e. The third-order valence-electron chi connectivity index (χ3n) is 1.66. The molecule has 1 heteroatoms. The molecule has 0 bridgehead atoms. The number of rotatable bonds is 1. The van der Waals surface area contributed by atoms with Gasteiger partial charge in [0.25, 0.3) is 0 Å². The van der Waals surface area contributed by atoms with Crippen molar-refractivity contribution < 1.29 is 5.11 Å². The van der Waals surface area contributed by atoms with Gasteiger partial charge in [0.2, 0.25) is 0 Å². The molecule has 0 saturated heterocycles.